The number of nitrogens with one attached hydrogen (secondary N) is 3. The van der Waals surface area contributed by atoms with Gasteiger partial charge in [-0.2, -0.15) is 0 Å². The molecule has 4 aromatic carbocycles. The van der Waals surface area contributed by atoms with Crippen LogP contribution in [-0.4, -0.2) is 71.8 Å². The highest BCUT2D eigenvalue weighted by Crippen LogP contribution is 2.30. The fourth-order valence-corrected chi connectivity index (χ4v) is 5.45. The highest BCUT2D eigenvalue weighted by Gasteiger charge is 2.32. The van der Waals surface area contributed by atoms with Crippen molar-refractivity contribution < 1.29 is 28.6 Å². The van der Waals surface area contributed by atoms with Gasteiger partial charge in [-0.15, -0.1) is 0 Å². The third-order valence-electron chi connectivity index (χ3n) is 8.11. The fourth-order valence-electron chi connectivity index (χ4n) is 5.45. The largest absolute Gasteiger partial charge is 0.488 e. The minimum Gasteiger partial charge on any atom is -0.488 e. The first-order valence-electron chi connectivity index (χ1n) is 15.1. The van der Waals surface area contributed by atoms with Crippen LogP contribution < -0.4 is 20.7 Å². The first-order chi connectivity index (χ1) is 22.1. The molecule has 0 spiro atoms. The topological polar surface area (TPSA) is 123 Å². The summed E-state index contributed by atoms with van der Waals surface area (Å²) >= 11 is 0. The van der Waals surface area contributed by atoms with Crippen molar-refractivity contribution in [2.75, 3.05) is 42.7 Å². The molecule has 1 heterocycles. The number of hydrogen-bond acceptors (Lipinski definition) is 5. The molecule has 4 aromatic rings. The van der Waals surface area contributed by atoms with Gasteiger partial charge in [-0.3, -0.25) is 4.79 Å². The van der Waals surface area contributed by atoms with Crippen molar-refractivity contribution in [2.24, 2.45) is 5.92 Å². The van der Waals surface area contributed by atoms with Gasteiger partial charge in [-0.05, 0) is 60.8 Å². The van der Waals surface area contributed by atoms with Crippen molar-refractivity contribution in [3.63, 3.8) is 0 Å². The molecule has 240 valence electrons. The van der Waals surface area contributed by atoms with Gasteiger partial charge in [0.2, 0.25) is 5.91 Å². The van der Waals surface area contributed by atoms with Gasteiger partial charge >= 0.3 is 12.1 Å². The van der Waals surface area contributed by atoms with Crippen LogP contribution in [0.4, 0.5) is 31.0 Å². The number of aliphatic hydroxyl groups is 1. The van der Waals surface area contributed by atoms with Gasteiger partial charge in [0.1, 0.15) is 17.7 Å². The number of likely N-dealkylation sites (N-methyl/N-ethyl adjacent to an activating group) is 1. The number of nitrogens with zero attached hydrogens (tertiary/aromatic N) is 2. The second kappa shape index (κ2) is 14.3. The Hall–Kier alpha value is -5.16. The second-order valence-electron chi connectivity index (χ2n) is 11.6. The number of carbonyl (C=O) groups excluding carboxylic acids is 3. The van der Waals surface area contributed by atoms with Gasteiger partial charge in [-0.25, -0.2) is 14.0 Å². The second-order valence-corrected chi connectivity index (χ2v) is 11.6. The maximum absolute atomic E-state index is 13.6. The lowest BCUT2D eigenvalue weighted by atomic mass is 10.0. The van der Waals surface area contributed by atoms with Crippen LogP contribution in [0.5, 0.6) is 5.75 Å². The van der Waals surface area contributed by atoms with Gasteiger partial charge in [0.05, 0.1) is 31.3 Å². The van der Waals surface area contributed by atoms with E-state index in [1.807, 2.05) is 49.4 Å². The lowest BCUT2D eigenvalue weighted by Gasteiger charge is -2.34. The van der Waals surface area contributed by atoms with Crippen molar-refractivity contribution in [2.45, 2.75) is 32.4 Å². The number of fused-ring (bicyclic) bond motifs is 2. The van der Waals surface area contributed by atoms with Gasteiger partial charge < -0.3 is 35.6 Å². The Morgan fingerprint density at radius 1 is 1.00 bits per heavy atom. The van der Waals surface area contributed by atoms with Crippen LogP contribution in [0.15, 0.2) is 84.9 Å². The van der Waals surface area contributed by atoms with Gasteiger partial charge in [0.15, 0.2) is 0 Å². The minimum atomic E-state index is -0.532. The monoisotopic (exact) mass is 627 g/mol. The molecule has 4 N–H and O–H groups in total. The van der Waals surface area contributed by atoms with Crippen molar-refractivity contribution >= 4 is 45.8 Å². The van der Waals surface area contributed by atoms with Crippen LogP contribution in [0.2, 0.25) is 0 Å². The lowest BCUT2D eigenvalue weighted by Crippen LogP contribution is -2.48. The molecular weight excluding hydrogens is 589 g/mol. The number of amides is 5. The van der Waals surface area contributed by atoms with Crippen LogP contribution in [0.25, 0.3) is 10.8 Å². The molecule has 0 aromatic heterocycles. The van der Waals surface area contributed by atoms with Gasteiger partial charge in [0.25, 0.3) is 0 Å². The summed E-state index contributed by atoms with van der Waals surface area (Å²) in [5.41, 5.74) is 2.13. The zero-order valence-corrected chi connectivity index (χ0v) is 26.0. The molecule has 1 aliphatic rings. The first kappa shape index (κ1) is 32.2. The van der Waals surface area contributed by atoms with E-state index in [2.05, 4.69) is 16.0 Å². The molecule has 0 fully saturated rings. The van der Waals surface area contributed by atoms with E-state index in [1.54, 1.807) is 37.1 Å². The van der Waals surface area contributed by atoms with Crippen molar-refractivity contribution in [1.82, 2.24) is 9.80 Å². The highest BCUT2D eigenvalue weighted by molar-refractivity contribution is 6.06. The molecule has 0 radical (unpaired) electrons. The normalized spacial score (nSPS) is 17.1. The number of halogens is 1. The number of urea groups is 2. The molecule has 0 bridgehead atoms. The van der Waals surface area contributed by atoms with Gasteiger partial charge in [-0.1, -0.05) is 43.3 Å². The lowest BCUT2D eigenvalue weighted by molar-refractivity contribution is -0.134. The average Bonchev–Trinajstić information content (AvgIpc) is 3.09. The Labute approximate surface area is 267 Å². The van der Waals surface area contributed by atoms with Gasteiger partial charge in [0, 0.05) is 41.8 Å². The summed E-state index contributed by atoms with van der Waals surface area (Å²) in [7, 11) is 1.63. The number of benzene rings is 4. The zero-order valence-electron chi connectivity index (χ0n) is 26.0. The summed E-state index contributed by atoms with van der Waals surface area (Å²) in [6.45, 7) is 3.96. The van der Waals surface area contributed by atoms with E-state index >= 15 is 0 Å². The average molecular weight is 628 g/mol. The summed E-state index contributed by atoms with van der Waals surface area (Å²) in [5, 5.41) is 20.3. The Bertz CT molecular complexity index is 1710. The predicted molar refractivity (Wildman–Crippen MR) is 177 cm³/mol. The predicted octanol–water partition coefficient (Wildman–Crippen LogP) is 5.94. The maximum atomic E-state index is 13.6. The number of rotatable bonds is 7. The SMILES string of the molecule is C[C@@H]1CN([C@@H](C)CO)C(=O)Cc2cc(NC(=O)Nc3cccc4ccccc34)ccc2O[C@H]1CN(C)C(=O)Nc1ccc(F)cc1. The molecule has 0 aliphatic carbocycles. The van der Waals surface area contributed by atoms with Crippen LogP contribution in [0.1, 0.15) is 19.4 Å². The molecule has 5 amide bonds. The standard InChI is InChI=1S/C35H38FN5O5/c1-22-19-41(23(2)21-42)33(43)18-25-17-28(37-34(44)39-30-10-6-8-24-7-4-5-9-29(24)30)15-16-31(25)46-32(22)20-40(3)35(45)38-27-13-11-26(36)12-14-27/h4-17,22-23,32,42H,18-21H2,1-3H3,(H,38,45)(H2,37,39,44)/t22-,23+,32+/m1/s1. The minimum absolute atomic E-state index is 0.0134. The Morgan fingerprint density at radius 3 is 2.48 bits per heavy atom. The van der Waals surface area contributed by atoms with E-state index in [0.717, 1.165) is 10.8 Å². The first-order valence-corrected chi connectivity index (χ1v) is 15.1. The van der Waals surface area contributed by atoms with E-state index in [1.165, 1.54) is 29.2 Å². The van der Waals surface area contributed by atoms with Crippen LogP contribution in [0, 0.1) is 11.7 Å². The molecule has 46 heavy (non-hydrogen) atoms. The van der Waals surface area contributed by atoms with Crippen LogP contribution in [0.3, 0.4) is 0 Å². The molecule has 3 atom stereocenters. The summed E-state index contributed by atoms with van der Waals surface area (Å²) in [6, 6.07) is 22.7. The summed E-state index contributed by atoms with van der Waals surface area (Å²) < 4.78 is 19.8. The molecule has 1 aliphatic heterocycles. The maximum Gasteiger partial charge on any atom is 0.323 e. The van der Waals surface area contributed by atoms with Crippen molar-refractivity contribution in [1.29, 1.82) is 0 Å². The third kappa shape index (κ3) is 7.73. The zero-order chi connectivity index (χ0) is 32.8. The Balaban J connectivity index is 1.36. The number of anilines is 3. The van der Waals surface area contributed by atoms with E-state index in [9.17, 15) is 23.9 Å². The summed E-state index contributed by atoms with van der Waals surface area (Å²) in [6.07, 6.45) is -0.545. The van der Waals surface area contributed by atoms with Crippen molar-refractivity contribution in [3.05, 3.63) is 96.3 Å². The summed E-state index contributed by atoms with van der Waals surface area (Å²) in [5.74, 6) is -0.373. The Kier molecular flexibility index (Phi) is 10.0. The molecule has 10 nitrogen and oxygen atoms in total. The number of aliphatic hydroxyl groups excluding tert-OH is 1. The molecule has 0 saturated carbocycles. The quantitative estimate of drug-likeness (QED) is 0.202. The molecule has 0 saturated heterocycles. The summed E-state index contributed by atoms with van der Waals surface area (Å²) in [4.78, 5) is 42.7. The van der Waals surface area contributed by atoms with Crippen molar-refractivity contribution in [3.8, 4) is 5.75 Å². The fraction of sp³-hybridized carbons (Fsp3) is 0.286. The van der Waals surface area contributed by atoms with Crippen LogP contribution >= 0.6 is 0 Å². The smallest absolute Gasteiger partial charge is 0.323 e. The van der Waals surface area contributed by atoms with E-state index in [-0.39, 0.29) is 31.4 Å². The molecule has 11 heteroatoms. The van der Waals surface area contributed by atoms with Crippen LogP contribution in [-0.2, 0) is 11.2 Å². The number of ether oxygens (including phenoxy) is 1. The van der Waals surface area contributed by atoms with E-state index in [4.69, 9.17) is 4.74 Å². The van der Waals surface area contributed by atoms with E-state index in [0.29, 0.717) is 34.9 Å². The molecular formula is C35H38FN5O5. The number of hydrogen-bond donors (Lipinski definition) is 4. The molecule has 0 unspecified atom stereocenters. The third-order valence-corrected chi connectivity index (χ3v) is 8.11. The molecule has 5 rings (SSSR count). The van der Waals surface area contributed by atoms with E-state index < -0.39 is 30.0 Å². The Morgan fingerprint density at radius 2 is 1.72 bits per heavy atom. The number of carbonyl (C=O) groups is 3. The highest BCUT2D eigenvalue weighted by atomic mass is 19.1.